The molecule has 1 atom stereocenters. The van der Waals surface area contributed by atoms with Gasteiger partial charge in [-0.15, -0.1) is 0 Å². The van der Waals surface area contributed by atoms with E-state index in [1.807, 2.05) is 24.3 Å². The van der Waals surface area contributed by atoms with Crippen molar-refractivity contribution in [2.75, 3.05) is 7.11 Å². The highest BCUT2D eigenvalue weighted by Gasteiger charge is 2.25. The number of H-pyrrole nitrogens is 1. The number of aromatic amines is 1. The average molecular weight is 367 g/mol. The molecule has 118 valence electrons. The fourth-order valence-corrected chi connectivity index (χ4v) is 4.81. The average Bonchev–Trinajstić information content (AvgIpc) is 2.87. The molecule has 0 aliphatic carbocycles. The molecular weight excluding hydrogens is 354 g/mol. The van der Waals surface area contributed by atoms with E-state index in [0.717, 1.165) is 21.5 Å². The largest absolute Gasteiger partial charge is 0.364 e. The molecule has 0 saturated heterocycles. The second-order valence-corrected chi connectivity index (χ2v) is 7.65. The second kappa shape index (κ2) is 6.50. The summed E-state index contributed by atoms with van der Waals surface area (Å²) in [6.07, 6.45) is 0. The van der Waals surface area contributed by atoms with Crippen LogP contribution in [0.15, 0.2) is 42.5 Å². The van der Waals surface area contributed by atoms with Gasteiger partial charge in [-0.25, -0.2) is 0 Å². The fraction of sp³-hybridized carbons (Fsp3) is 0.0625. The highest BCUT2D eigenvalue weighted by atomic mass is 35.5. The summed E-state index contributed by atoms with van der Waals surface area (Å²) in [5.74, 6) is -0.543. The number of hydrogen-bond acceptors (Lipinski definition) is 2. The summed E-state index contributed by atoms with van der Waals surface area (Å²) in [7, 11) is 0.330. The lowest BCUT2D eigenvalue weighted by Crippen LogP contribution is -2.23. The molecule has 1 aromatic heterocycles. The first-order chi connectivity index (χ1) is 11.0. The molecule has 0 aliphatic heterocycles. The molecule has 1 unspecified atom stereocenters. The summed E-state index contributed by atoms with van der Waals surface area (Å²) in [6, 6.07) is 12.7. The molecule has 23 heavy (non-hydrogen) atoms. The van der Waals surface area contributed by atoms with Gasteiger partial charge in [0.2, 0.25) is 0 Å². The molecule has 4 nitrogen and oxygen atoms in total. The van der Waals surface area contributed by atoms with Gasteiger partial charge in [-0.2, -0.15) is 0 Å². The molecule has 3 rings (SSSR count). The third-order valence-corrected chi connectivity index (χ3v) is 5.86. The maximum atomic E-state index is 11.9. The Labute approximate surface area is 144 Å². The fourth-order valence-electron chi connectivity index (χ4n) is 2.47. The van der Waals surface area contributed by atoms with Crippen molar-refractivity contribution in [3.05, 3.63) is 58.2 Å². The summed E-state index contributed by atoms with van der Waals surface area (Å²) in [5.41, 5.74) is 6.65. The van der Waals surface area contributed by atoms with Crippen molar-refractivity contribution in [3.63, 3.8) is 0 Å². The van der Waals surface area contributed by atoms with Crippen LogP contribution in [0.1, 0.15) is 10.5 Å². The molecule has 1 heterocycles. The molecular formula is C16H13Cl2N2O2P. The Kier molecular flexibility index (Phi) is 4.60. The van der Waals surface area contributed by atoms with Crippen molar-refractivity contribution < 1.29 is 9.32 Å². The smallest absolute Gasteiger partial charge is 0.265 e. The molecule has 3 N–H and O–H groups in total. The van der Waals surface area contributed by atoms with Crippen LogP contribution in [0, 0.1) is 0 Å². The predicted octanol–water partition coefficient (Wildman–Crippen LogP) is 3.57. The zero-order valence-electron chi connectivity index (χ0n) is 12.1. The van der Waals surface area contributed by atoms with Crippen LogP contribution in [-0.2, 0) is 4.52 Å². The number of hydrogen-bond donors (Lipinski definition) is 2. The van der Waals surface area contributed by atoms with E-state index >= 15 is 0 Å². The second-order valence-electron chi connectivity index (χ2n) is 4.86. The van der Waals surface area contributed by atoms with Crippen LogP contribution in [0.25, 0.3) is 10.9 Å². The number of halogens is 2. The van der Waals surface area contributed by atoms with E-state index in [-0.39, 0.29) is 0 Å². The van der Waals surface area contributed by atoms with Gasteiger partial charge >= 0.3 is 0 Å². The van der Waals surface area contributed by atoms with Gasteiger partial charge in [-0.1, -0.05) is 35.3 Å². The number of rotatable bonds is 4. The molecule has 7 heteroatoms. The molecule has 0 aliphatic rings. The van der Waals surface area contributed by atoms with Crippen molar-refractivity contribution in [1.82, 2.24) is 4.98 Å². The lowest BCUT2D eigenvalue weighted by molar-refractivity contribution is 0.0997. The first-order valence-electron chi connectivity index (χ1n) is 6.72. The van der Waals surface area contributed by atoms with Gasteiger partial charge < -0.3 is 15.2 Å². The molecule has 0 spiro atoms. The SMILES string of the molecule is COP(c1cccc(Cl)c1)c1c(C(N)=O)[nH]c2ccc(Cl)cc12. The third-order valence-electron chi connectivity index (χ3n) is 3.41. The quantitative estimate of drug-likeness (QED) is 0.693. The van der Waals surface area contributed by atoms with E-state index < -0.39 is 14.1 Å². The van der Waals surface area contributed by atoms with E-state index in [9.17, 15) is 4.79 Å². The van der Waals surface area contributed by atoms with Gasteiger partial charge in [0.1, 0.15) is 5.69 Å². The van der Waals surface area contributed by atoms with Gasteiger partial charge in [-0.05, 0) is 30.3 Å². The number of amides is 1. The maximum absolute atomic E-state index is 11.9. The number of carbonyl (C=O) groups is 1. The van der Waals surface area contributed by atoms with Crippen LogP contribution < -0.4 is 16.3 Å². The lowest BCUT2D eigenvalue weighted by atomic mass is 10.2. The summed E-state index contributed by atoms with van der Waals surface area (Å²) in [5, 5.41) is 3.60. The summed E-state index contributed by atoms with van der Waals surface area (Å²) < 4.78 is 5.71. The molecule has 3 aromatic rings. The number of benzene rings is 2. The monoisotopic (exact) mass is 366 g/mol. The van der Waals surface area contributed by atoms with Crippen molar-refractivity contribution >= 4 is 58.8 Å². The van der Waals surface area contributed by atoms with E-state index in [2.05, 4.69) is 4.98 Å². The van der Waals surface area contributed by atoms with Crippen LogP contribution in [0.3, 0.4) is 0 Å². The lowest BCUT2D eigenvalue weighted by Gasteiger charge is -2.16. The van der Waals surface area contributed by atoms with E-state index in [1.165, 1.54) is 0 Å². The first-order valence-corrected chi connectivity index (χ1v) is 8.73. The molecule has 1 amide bonds. The number of primary amides is 1. The first kappa shape index (κ1) is 16.3. The summed E-state index contributed by atoms with van der Waals surface area (Å²) in [4.78, 5) is 14.9. The highest BCUT2D eigenvalue weighted by Crippen LogP contribution is 2.39. The molecule has 2 aromatic carbocycles. The van der Waals surface area contributed by atoms with Gasteiger partial charge in [0.05, 0.1) is 8.15 Å². The topological polar surface area (TPSA) is 68.1 Å². The van der Waals surface area contributed by atoms with Crippen molar-refractivity contribution in [1.29, 1.82) is 0 Å². The van der Waals surface area contributed by atoms with Crippen LogP contribution in [-0.4, -0.2) is 18.0 Å². The number of aromatic nitrogens is 1. The van der Waals surface area contributed by atoms with Crippen LogP contribution in [0.4, 0.5) is 0 Å². The number of nitrogens with two attached hydrogens (primary N) is 1. The number of carbonyl (C=O) groups excluding carboxylic acids is 1. The summed E-state index contributed by atoms with van der Waals surface area (Å²) in [6.45, 7) is 0. The van der Waals surface area contributed by atoms with Crippen LogP contribution >= 0.6 is 31.4 Å². The zero-order chi connectivity index (χ0) is 16.6. The highest BCUT2D eigenvalue weighted by molar-refractivity contribution is 7.69. The molecule has 0 bridgehead atoms. The minimum absolute atomic E-state index is 0.329. The Morgan fingerprint density at radius 3 is 2.57 bits per heavy atom. The Morgan fingerprint density at radius 2 is 1.91 bits per heavy atom. The van der Waals surface area contributed by atoms with Crippen molar-refractivity contribution in [2.45, 2.75) is 0 Å². The van der Waals surface area contributed by atoms with E-state index in [0.29, 0.717) is 15.7 Å². The molecule has 0 fully saturated rings. The van der Waals surface area contributed by atoms with E-state index in [4.69, 9.17) is 33.5 Å². The normalized spacial score (nSPS) is 12.5. The van der Waals surface area contributed by atoms with Crippen LogP contribution in [0.5, 0.6) is 0 Å². The molecule has 0 saturated carbocycles. The minimum Gasteiger partial charge on any atom is -0.364 e. The van der Waals surface area contributed by atoms with Crippen molar-refractivity contribution in [3.8, 4) is 0 Å². The third kappa shape index (κ3) is 3.08. The maximum Gasteiger partial charge on any atom is 0.265 e. The van der Waals surface area contributed by atoms with Gasteiger partial charge in [0.25, 0.3) is 5.91 Å². The van der Waals surface area contributed by atoms with Crippen molar-refractivity contribution in [2.24, 2.45) is 5.73 Å². The van der Waals surface area contributed by atoms with Gasteiger partial charge in [0.15, 0.2) is 0 Å². The minimum atomic E-state index is -1.27. The number of fused-ring (bicyclic) bond motifs is 1. The van der Waals surface area contributed by atoms with Gasteiger partial charge in [0, 0.05) is 38.7 Å². The Balaban J connectivity index is 2.29. The van der Waals surface area contributed by atoms with Gasteiger partial charge in [-0.3, -0.25) is 4.79 Å². The predicted molar refractivity (Wildman–Crippen MR) is 96.5 cm³/mol. The number of nitrogens with one attached hydrogen (secondary N) is 1. The Morgan fingerprint density at radius 1 is 1.17 bits per heavy atom. The van der Waals surface area contributed by atoms with Crippen LogP contribution in [0.2, 0.25) is 10.0 Å². The Bertz CT molecular complexity index is 895. The molecule has 0 radical (unpaired) electrons. The standard InChI is InChI=1S/C16H13Cl2N2O2P/c1-22-23(11-4-2-3-9(17)7-11)15-12-8-10(18)5-6-13(12)20-14(15)16(19)21/h2-8,20H,1H3,(H2,19,21). The van der Waals surface area contributed by atoms with E-state index in [1.54, 1.807) is 25.3 Å². The Hall–Kier alpha value is -1.58. The zero-order valence-corrected chi connectivity index (χ0v) is 14.5. The summed E-state index contributed by atoms with van der Waals surface area (Å²) >= 11 is 12.2.